The van der Waals surface area contributed by atoms with Crippen LogP contribution in [0.25, 0.3) is 0 Å². The van der Waals surface area contributed by atoms with E-state index in [1.807, 2.05) is 0 Å². The Hall–Kier alpha value is -0.0831. The quantitative estimate of drug-likeness (QED) is 0.502. The molecular formula is C12H24OSi. The lowest BCUT2D eigenvalue weighted by Crippen LogP contribution is -2.32. The summed E-state index contributed by atoms with van der Waals surface area (Å²) < 4.78 is 5.81. The van der Waals surface area contributed by atoms with Crippen molar-refractivity contribution in [3.8, 4) is 0 Å². The van der Waals surface area contributed by atoms with Crippen LogP contribution in [0.1, 0.15) is 45.4 Å². The van der Waals surface area contributed by atoms with Gasteiger partial charge >= 0.3 is 0 Å². The first-order valence-electron chi connectivity index (χ1n) is 6.13. The molecule has 1 aliphatic rings. The van der Waals surface area contributed by atoms with Gasteiger partial charge in [0.25, 0.3) is 0 Å². The SMILES string of the molecule is CCCCC=C[SiH](C)C1CCCCO1. The summed E-state index contributed by atoms with van der Waals surface area (Å²) >= 11 is 0. The van der Waals surface area contributed by atoms with E-state index in [1.54, 1.807) is 0 Å². The summed E-state index contributed by atoms with van der Waals surface area (Å²) in [5, 5.41) is 0. The smallest absolute Gasteiger partial charge is 0.0915 e. The molecule has 82 valence electrons. The minimum absolute atomic E-state index is 0.627. The third-order valence-corrected chi connectivity index (χ3v) is 5.54. The number of hydrogen-bond donors (Lipinski definition) is 0. The zero-order valence-corrected chi connectivity index (χ0v) is 10.8. The molecule has 0 amide bonds. The number of allylic oxidation sites excluding steroid dienone is 1. The second kappa shape index (κ2) is 7.24. The van der Waals surface area contributed by atoms with E-state index in [0.29, 0.717) is 5.73 Å². The molecule has 2 heteroatoms. The lowest BCUT2D eigenvalue weighted by Gasteiger charge is -2.25. The topological polar surface area (TPSA) is 9.23 Å². The van der Waals surface area contributed by atoms with Crippen molar-refractivity contribution in [2.24, 2.45) is 0 Å². The van der Waals surface area contributed by atoms with Gasteiger partial charge in [-0.2, -0.15) is 0 Å². The highest BCUT2D eigenvalue weighted by molar-refractivity contribution is 6.64. The summed E-state index contributed by atoms with van der Waals surface area (Å²) in [6, 6.07) is 0. The van der Waals surface area contributed by atoms with Gasteiger partial charge < -0.3 is 4.74 Å². The number of ether oxygens (including phenoxy) is 1. The molecule has 0 aromatic rings. The van der Waals surface area contributed by atoms with Gasteiger partial charge in [0.1, 0.15) is 0 Å². The molecule has 0 bridgehead atoms. The minimum atomic E-state index is -0.729. The van der Waals surface area contributed by atoms with E-state index in [9.17, 15) is 0 Å². The second-order valence-electron chi connectivity index (χ2n) is 4.33. The molecule has 1 aliphatic heterocycles. The highest BCUT2D eigenvalue weighted by atomic mass is 28.3. The van der Waals surface area contributed by atoms with Crippen LogP contribution in [0.5, 0.6) is 0 Å². The average molecular weight is 212 g/mol. The van der Waals surface area contributed by atoms with Crippen molar-refractivity contribution < 1.29 is 4.74 Å². The molecular weight excluding hydrogens is 188 g/mol. The minimum Gasteiger partial charge on any atom is -0.382 e. The Labute approximate surface area is 90.1 Å². The van der Waals surface area contributed by atoms with Crippen molar-refractivity contribution >= 4 is 8.80 Å². The Morgan fingerprint density at radius 3 is 2.93 bits per heavy atom. The summed E-state index contributed by atoms with van der Waals surface area (Å²) in [5.41, 5.74) is 3.10. The van der Waals surface area contributed by atoms with Gasteiger partial charge in [0, 0.05) is 12.3 Å². The molecule has 1 heterocycles. The molecule has 0 aliphatic carbocycles. The molecule has 1 rings (SSSR count). The molecule has 0 spiro atoms. The largest absolute Gasteiger partial charge is 0.382 e. The van der Waals surface area contributed by atoms with Gasteiger partial charge in [0.2, 0.25) is 0 Å². The highest BCUT2D eigenvalue weighted by Crippen LogP contribution is 2.15. The van der Waals surface area contributed by atoms with Gasteiger partial charge in [-0.15, -0.1) is 0 Å². The number of hydrogen-bond acceptors (Lipinski definition) is 1. The van der Waals surface area contributed by atoms with Crippen LogP contribution in [0.15, 0.2) is 11.8 Å². The molecule has 0 aromatic heterocycles. The van der Waals surface area contributed by atoms with Crippen LogP contribution >= 0.6 is 0 Å². The van der Waals surface area contributed by atoms with Crippen LogP contribution in [0.4, 0.5) is 0 Å². The summed E-state index contributed by atoms with van der Waals surface area (Å²) in [4.78, 5) is 0. The summed E-state index contributed by atoms with van der Waals surface area (Å²) in [6.45, 7) is 5.67. The molecule has 2 unspecified atom stereocenters. The second-order valence-corrected chi connectivity index (χ2v) is 7.18. The normalized spacial score (nSPS) is 25.4. The Bertz CT molecular complexity index is 162. The standard InChI is InChI=1S/C12H24OSi/c1-3-4-5-8-11-14(2)12-9-6-7-10-13-12/h8,11-12,14H,3-7,9-10H2,1-2H3. The van der Waals surface area contributed by atoms with E-state index < -0.39 is 8.80 Å². The summed E-state index contributed by atoms with van der Waals surface area (Å²) in [5.74, 6) is 0. The molecule has 1 nitrogen and oxygen atoms in total. The van der Waals surface area contributed by atoms with E-state index in [2.05, 4.69) is 25.2 Å². The zero-order valence-electron chi connectivity index (χ0n) is 9.67. The molecule has 0 radical (unpaired) electrons. The van der Waals surface area contributed by atoms with Crippen LogP contribution in [0.3, 0.4) is 0 Å². The van der Waals surface area contributed by atoms with Gasteiger partial charge in [-0.25, -0.2) is 0 Å². The van der Waals surface area contributed by atoms with Gasteiger partial charge in [-0.1, -0.05) is 38.1 Å². The fourth-order valence-corrected chi connectivity index (χ4v) is 4.01. The Balaban J connectivity index is 2.18. The van der Waals surface area contributed by atoms with E-state index in [1.165, 1.54) is 38.5 Å². The maximum Gasteiger partial charge on any atom is 0.0915 e. The van der Waals surface area contributed by atoms with Gasteiger partial charge in [-0.3, -0.25) is 0 Å². The van der Waals surface area contributed by atoms with Crippen molar-refractivity contribution in [3.63, 3.8) is 0 Å². The van der Waals surface area contributed by atoms with E-state index in [-0.39, 0.29) is 0 Å². The van der Waals surface area contributed by atoms with Crippen LogP contribution in [0, 0.1) is 0 Å². The molecule has 2 atom stereocenters. The third kappa shape index (κ3) is 4.42. The Kier molecular flexibility index (Phi) is 6.20. The maximum absolute atomic E-state index is 5.81. The summed E-state index contributed by atoms with van der Waals surface area (Å²) in [7, 11) is -0.729. The van der Waals surface area contributed by atoms with Crippen molar-refractivity contribution in [3.05, 3.63) is 11.8 Å². The van der Waals surface area contributed by atoms with Crippen molar-refractivity contribution in [1.29, 1.82) is 0 Å². The van der Waals surface area contributed by atoms with Crippen molar-refractivity contribution in [2.45, 2.75) is 57.7 Å². The first-order valence-corrected chi connectivity index (χ1v) is 8.61. The zero-order chi connectivity index (χ0) is 10.2. The fourth-order valence-electron chi connectivity index (χ4n) is 1.94. The molecule has 1 saturated heterocycles. The highest BCUT2D eigenvalue weighted by Gasteiger charge is 2.19. The number of rotatable bonds is 5. The van der Waals surface area contributed by atoms with E-state index in [0.717, 1.165) is 6.61 Å². The van der Waals surface area contributed by atoms with Crippen LogP contribution in [0.2, 0.25) is 6.55 Å². The van der Waals surface area contributed by atoms with E-state index in [4.69, 9.17) is 4.74 Å². The molecule has 1 fully saturated rings. The predicted octanol–water partition coefficient (Wildman–Crippen LogP) is 3.24. The van der Waals surface area contributed by atoms with Gasteiger partial charge in [0.05, 0.1) is 8.80 Å². The fraction of sp³-hybridized carbons (Fsp3) is 0.833. The maximum atomic E-state index is 5.81. The van der Waals surface area contributed by atoms with Crippen LogP contribution in [-0.2, 0) is 4.74 Å². The number of unbranched alkanes of at least 4 members (excludes halogenated alkanes) is 2. The Morgan fingerprint density at radius 2 is 2.29 bits per heavy atom. The predicted molar refractivity (Wildman–Crippen MR) is 65.3 cm³/mol. The molecule has 0 saturated carbocycles. The van der Waals surface area contributed by atoms with Crippen LogP contribution in [-0.4, -0.2) is 21.1 Å². The average Bonchev–Trinajstić information content (AvgIpc) is 2.25. The first-order chi connectivity index (χ1) is 6.84. The summed E-state index contributed by atoms with van der Waals surface area (Å²) in [6.07, 6.45) is 10.3. The monoisotopic (exact) mass is 212 g/mol. The Morgan fingerprint density at radius 1 is 1.43 bits per heavy atom. The van der Waals surface area contributed by atoms with Gasteiger partial charge in [-0.05, 0) is 25.7 Å². The third-order valence-electron chi connectivity index (χ3n) is 2.97. The molecule has 0 aromatic carbocycles. The lowest BCUT2D eigenvalue weighted by atomic mass is 10.2. The van der Waals surface area contributed by atoms with Gasteiger partial charge in [0.15, 0.2) is 0 Å². The lowest BCUT2D eigenvalue weighted by molar-refractivity contribution is 0.0636. The molecule has 0 N–H and O–H groups in total. The van der Waals surface area contributed by atoms with E-state index >= 15 is 0 Å². The van der Waals surface area contributed by atoms with Crippen molar-refractivity contribution in [1.82, 2.24) is 0 Å². The molecule has 14 heavy (non-hydrogen) atoms. The first kappa shape index (κ1) is 12.0. The van der Waals surface area contributed by atoms with Crippen LogP contribution < -0.4 is 0 Å². The van der Waals surface area contributed by atoms with Crippen molar-refractivity contribution in [2.75, 3.05) is 6.61 Å².